The molecule has 100 valence electrons. The van der Waals surface area contributed by atoms with Crippen molar-refractivity contribution in [2.75, 3.05) is 0 Å². The van der Waals surface area contributed by atoms with Gasteiger partial charge in [-0.25, -0.2) is 0 Å². The minimum Gasteiger partial charge on any atom is -0.489 e. The maximum atomic E-state index is 9.00. The van der Waals surface area contributed by atoms with Crippen molar-refractivity contribution in [1.82, 2.24) is 4.98 Å². The van der Waals surface area contributed by atoms with Gasteiger partial charge in [-0.05, 0) is 29.3 Å². The molecule has 0 aliphatic rings. The van der Waals surface area contributed by atoms with Crippen LogP contribution in [-0.4, -0.2) is 10.1 Å². The van der Waals surface area contributed by atoms with Crippen LogP contribution in [0.15, 0.2) is 60.8 Å². The summed E-state index contributed by atoms with van der Waals surface area (Å²) in [5, 5.41) is 10.1. The topological polar surface area (TPSA) is 42.4 Å². The fourth-order valence-corrected chi connectivity index (χ4v) is 2.04. The van der Waals surface area contributed by atoms with Gasteiger partial charge in [-0.3, -0.25) is 4.98 Å². The van der Waals surface area contributed by atoms with Gasteiger partial charge < -0.3 is 9.84 Å². The largest absolute Gasteiger partial charge is 0.489 e. The van der Waals surface area contributed by atoms with Gasteiger partial charge in [0.2, 0.25) is 0 Å². The standard InChI is InChI=1S/C17H15NO2/c19-11-13-3-5-14(6-4-13)12-20-16-8-7-15-2-1-9-18-17(15)10-16/h1-10,19H,11-12H2. The van der Waals surface area contributed by atoms with E-state index >= 15 is 0 Å². The third kappa shape index (κ3) is 2.78. The molecule has 0 saturated heterocycles. The van der Waals surface area contributed by atoms with Gasteiger partial charge in [0, 0.05) is 17.6 Å². The Kier molecular flexibility index (Phi) is 3.61. The van der Waals surface area contributed by atoms with Gasteiger partial charge in [0.1, 0.15) is 12.4 Å². The van der Waals surface area contributed by atoms with Crippen molar-refractivity contribution in [3.8, 4) is 5.75 Å². The minimum absolute atomic E-state index is 0.0669. The van der Waals surface area contributed by atoms with Gasteiger partial charge in [-0.2, -0.15) is 0 Å². The first-order chi connectivity index (χ1) is 9.85. The number of rotatable bonds is 4. The molecule has 0 atom stereocenters. The lowest BCUT2D eigenvalue weighted by molar-refractivity contribution is 0.281. The van der Waals surface area contributed by atoms with E-state index in [9.17, 15) is 0 Å². The lowest BCUT2D eigenvalue weighted by Crippen LogP contribution is -1.96. The van der Waals surface area contributed by atoms with Gasteiger partial charge in [0.05, 0.1) is 12.1 Å². The van der Waals surface area contributed by atoms with E-state index in [1.807, 2.05) is 54.6 Å². The normalized spacial score (nSPS) is 10.7. The van der Waals surface area contributed by atoms with Crippen LogP contribution < -0.4 is 4.74 Å². The van der Waals surface area contributed by atoms with Crippen molar-refractivity contribution >= 4 is 10.9 Å². The van der Waals surface area contributed by atoms with Crippen LogP contribution in [-0.2, 0) is 13.2 Å². The molecule has 0 bridgehead atoms. The Labute approximate surface area is 117 Å². The molecule has 1 aromatic heterocycles. The highest BCUT2D eigenvalue weighted by Gasteiger charge is 1.99. The van der Waals surface area contributed by atoms with E-state index in [2.05, 4.69) is 4.98 Å². The molecule has 0 fully saturated rings. The minimum atomic E-state index is 0.0669. The molecule has 3 rings (SSSR count). The third-order valence-electron chi connectivity index (χ3n) is 3.19. The van der Waals surface area contributed by atoms with Gasteiger partial charge in [0.25, 0.3) is 0 Å². The maximum absolute atomic E-state index is 9.00. The smallest absolute Gasteiger partial charge is 0.122 e. The number of benzene rings is 2. The Morgan fingerprint density at radius 1 is 0.950 bits per heavy atom. The molecule has 3 nitrogen and oxygen atoms in total. The second-order valence-corrected chi connectivity index (χ2v) is 4.62. The number of fused-ring (bicyclic) bond motifs is 1. The Morgan fingerprint density at radius 3 is 2.55 bits per heavy atom. The van der Waals surface area contributed by atoms with Crippen molar-refractivity contribution in [1.29, 1.82) is 0 Å². The monoisotopic (exact) mass is 265 g/mol. The number of hydrogen-bond donors (Lipinski definition) is 1. The fraction of sp³-hybridized carbons (Fsp3) is 0.118. The number of pyridine rings is 1. The Bertz CT molecular complexity index is 708. The Hall–Kier alpha value is -2.39. The summed E-state index contributed by atoms with van der Waals surface area (Å²) in [4.78, 5) is 4.31. The summed E-state index contributed by atoms with van der Waals surface area (Å²) in [5.41, 5.74) is 2.91. The van der Waals surface area contributed by atoms with Crippen LogP contribution in [0.1, 0.15) is 11.1 Å². The summed E-state index contributed by atoms with van der Waals surface area (Å²) in [5.74, 6) is 0.808. The molecule has 1 heterocycles. The lowest BCUT2D eigenvalue weighted by Gasteiger charge is -2.07. The third-order valence-corrected chi connectivity index (χ3v) is 3.19. The first kappa shape index (κ1) is 12.6. The lowest BCUT2D eigenvalue weighted by atomic mass is 10.1. The molecular formula is C17H15NO2. The number of hydrogen-bond acceptors (Lipinski definition) is 3. The van der Waals surface area contributed by atoms with Crippen LogP contribution in [0, 0.1) is 0 Å². The maximum Gasteiger partial charge on any atom is 0.122 e. The van der Waals surface area contributed by atoms with Crippen LogP contribution >= 0.6 is 0 Å². The number of ether oxygens (including phenoxy) is 1. The molecule has 3 heteroatoms. The highest BCUT2D eigenvalue weighted by atomic mass is 16.5. The van der Waals surface area contributed by atoms with Crippen molar-refractivity contribution in [2.45, 2.75) is 13.2 Å². The van der Waals surface area contributed by atoms with E-state index < -0.39 is 0 Å². The number of aromatic nitrogens is 1. The number of aliphatic hydroxyl groups is 1. The molecular weight excluding hydrogens is 250 g/mol. The molecule has 0 aliphatic heterocycles. The molecule has 0 radical (unpaired) electrons. The van der Waals surface area contributed by atoms with Gasteiger partial charge in [-0.15, -0.1) is 0 Å². The summed E-state index contributed by atoms with van der Waals surface area (Å²) < 4.78 is 5.77. The average molecular weight is 265 g/mol. The highest BCUT2D eigenvalue weighted by Crippen LogP contribution is 2.19. The summed E-state index contributed by atoms with van der Waals surface area (Å²) in [7, 11) is 0. The van der Waals surface area contributed by atoms with Crippen LogP contribution in [0.4, 0.5) is 0 Å². The van der Waals surface area contributed by atoms with E-state index in [1.54, 1.807) is 6.20 Å². The van der Waals surface area contributed by atoms with Gasteiger partial charge in [-0.1, -0.05) is 30.3 Å². The van der Waals surface area contributed by atoms with Gasteiger partial charge >= 0.3 is 0 Å². The quantitative estimate of drug-likeness (QED) is 0.787. The highest BCUT2D eigenvalue weighted by molar-refractivity contribution is 5.79. The van der Waals surface area contributed by atoms with E-state index in [1.165, 1.54) is 0 Å². The van der Waals surface area contributed by atoms with Crippen LogP contribution in [0.5, 0.6) is 5.75 Å². The van der Waals surface area contributed by atoms with Gasteiger partial charge in [0.15, 0.2) is 0 Å². The fourth-order valence-electron chi connectivity index (χ4n) is 2.04. The molecule has 3 aromatic rings. The van der Waals surface area contributed by atoms with Crippen LogP contribution in [0.2, 0.25) is 0 Å². The Balaban J connectivity index is 1.72. The zero-order valence-electron chi connectivity index (χ0n) is 11.0. The zero-order chi connectivity index (χ0) is 13.8. The molecule has 0 saturated carbocycles. The average Bonchev–Trinajstić information content (AvgIpc) is 2.53. The van der Waals surface area contributed by atoms with Crippen molar-refractivity contribution < 1.29 is 9.84 Å². The second kappa shape index (κ2) is 5.72. The van der Waals surface area contributed by atoms with E-state index in [0.29, 0.717) is 6.61 Å². The number of aliphatic hydroxyl groups excluding tert-OH is 1. The summed E-state index contributed by atoms with van der Waals surface area (Å²) in [6.07, 6.45) is 1.78. The van der Waals surface area contributed by atoms with E-state index in [4.69, 9.17) is 9.84 Å². The van der Waals surface area contributed by atoms with Crippen LogP contribution in [0.3, 0.4) is 0 Å². The predicted molar refractivity (Wildman–Crippen MR) is 78.4 cm³/mol. The molecule has 0 aliphatic carbocycles. The first-order valence-corrected chi connectivity index (χ1v) is 6.51. The second-order valence-electron chi connectivity index (χ2n) is 4.62. The van der Waals surface area contributed by atoms with Crippen molar-refractivity contribution in [2.24, 2.45) is 0 Å². The number of nitrogens with zero attached hydrogens (tertiary/aromatic N) is 1. The molecule has 0 unspecified atom stereocenters. The van der Waals surface area contributed by atoms with Crippen molar-refractivity contribution in [3.05, 3.63) is 71.9 Å². The molecule has 1 N–H and O–H groups in total. The molecule has 2 aromatic carbocycles. The van der Waals surface area contributed by atoms with E-state index in [-0.39, 0.29) is 6.61 Å². The summed E-state index contributed by atoms with van der Waals surface area (Å²) in [6, 6.07) is 17.6. The Morgan fingerprint density at radius 2 is 1.75 bits per heavy atom. The molecule has 20 heavy (non-hydrogen) atoms. The van der Waals surface area contributed by atoms with Crippen LogP contribution in [0.25, 0.3) is 10.9 Å². The zero-order valence-corrected chi connectivity index (χ0v) is 11.0. The molecule has 0 amide bonds. The predicted octanol–water partition coefficient (Wildman–Crippen LogP) is 3.31. The first-order valence-electron chi connectivity index (χ1n) is 6.51. The van der Waals surface area contributed by atoms with E-state index in [0.717, 1.165) is 27.8 Å². The molecule has 0 spiro atoms. The summed E-state index contributed by atoms with van der Waals surface area (Å²) >= 11 is 0. The SMILES string of the molecule is OCc1ccc(COc2ccc3cccnc3c2)cc1. The van der Waals surface area contributed by atoms with Crippen molar-refractivity contribution in [3.63, 3.8) is 0 Å². The summed E-state index contributed by atoms with van der Waals surface area (Å²) in [6.45, 7) is 0.571.